The van der Waals surface area contributed by atoms with Gasteiger partial charge in [-0.1, -0.05) is 6.07 Å². The summed E-state index contributed by atoms with van der Waals surface area (Å²) < 4.78 is 58.4. The Labute approximate surface area is 130 Å². The minimum atomic E-state index is -5.23. The zero-order valence-corrected chi connectivity index (χ0v) is 12.7. The number of hydrogen-bond donors (Lipinski definition) is 2. The van der Waals surface area contributed by atoms with E-state index in [0.717, 1.165) is 19.1 Å². The molecule has 9 heteroatoms. The molecule has 5 nitrogen and oxygen atoms in total. The van der Waals surface area contributed by atoms with Gasteiger partial charge in [0.25, 0.3) is 0 Å². The molecule has 0 spiro atoms. The third-order valence-electron chi connectivity index (χ3n) is 2.89. The van der Waals surface area contributed by atoms with E-state index in [-0.39, 0.29) is 17.9 Å². The highest BCUT2D eigenvalue weighted by Crippen LogP contribution is 2.34. The van der Waals surface area contributed by atoms with Crippen LogP contribution in [0.5, 0.6) is 0 Å². The molecular weight excluding hydrogens is 320 g/mol. The lowest BCUT2D eigenvalue weighted by Crippen LogP contribution is -2.69. The molecule has 1 atom stereocenters. The minimum Gasteiger partial charge on any atom is -0.463 e. The van der Waals surface area contributed by atoms with Crippen molar-refractivity contribution in [3.05, 3.63) is 29.6 Å². The molecule has 0 saturated heterocycles. The van der Waals surface area contributed by atoms with Gasteiger partial charge >= 0.3 is 17.8 Å². The maximum Gasteiger partial charge on any atom is 0.441 e. The highest BCUT2D eigenvalue weighted by Gasteiger charge is 2.63. The molecule has 0 fully saturated rings. The Morgan fingerprint density at radius 2 is 1.87 bits per heavy atom. The number of nitrogens with one attached hydrogen (secondary N) is 2. The number of anilines is 1. The standard InChI is InChI=1S/C14H16F4N2O3/c1-4-23-12(22)13(14(16,17)18,19-9(3)21)20-11-7-10(15)6-5-8(11)2/h5-7,20H,4H2,1-3H3,(H,19,21). The number of amides is 1. The van der Waals surface area contributed by atoms with Crippen LogP contribution >= 0.6 is 0 Å². The molecule has 128 valence electrons. The third kappa shape index (κ3) is 4.11. The number of aryl methyl sites for hydroxylation is 1. The number of carbonyl (C=O) groups is 2. The Morgan fingerprint density at radius 3 is 2.35 bits per heavy atom. The monoisotopic (exact) mass is 336 g/mol. The predicted octanol–water partition coefficient (Wildman–Crippen LogP) is 2.50. The highest BCUT2D eigenvalue weighted by atomic mass is 19.4. The second kappa shape index (κ2) is 6.84. The minimum absolute atomic E-state index is 0.245. The topological polar surface area (TPSA) is 67.4 Å². The summed E-state index contributed by atoms with van der Waals surface area (Å²) >= 11 is 0. The molecule has 0 aliphatic carbocycles. The summed E-state index contributed by atoms with van der Waals surface area (Å²) in [6.45, 7) is 3.22. The van der Waals surface area contributed by atoms with Gasteiger partial charge in [0.2, 0.25) is 5.91 Å². The summed E-state index contributed by atoms with van der Waals surface area (Å²) in [6, 6.07) is 3.08. The lowest BCUT2D eigenvalue weighted by Gasteiger charge is -2.35. The van der Waals surface area contributed by atoms with E-state index in [4.69, 9.17) is 0 Å². The van der Waals surface area contributed by atoms with E-state index in [9.17, 15) is 27.2 Å². The van der Waals surface area contributed by atoms with Crippen LogP contribution in [0, 0.1) is 12.7 Å². The van der Waals surface area contributed by atoms with Gasteiger partial charge in [-0.05, 0) is 31.5 Å². The number of benzene rings is 1. The van der Waals surface area contributed by atoms with Crippen LogP contribution in [0.25, 0.3) is 0 Å². The molecule has 0 bridgehead atoms. The summed E-state index contributed by atoms with van der Waals surface area (Å²) in [6.07, 6.45) is -5.23. The van der Waals surface area contributed by atoms with Gasteiger partial charge in [-0.15, -0.1) is 0 Å². The maximum absolute atomic E-state index is 13.6. The van der Waals surface area contributed by atoms with Gasteiger partial charge in [-0.3, -0.25) is 4.79 Å². The first-order valence-electron chi connectivity index (χ1n) is 6.60. The molecule has 0 radical (unpaired) electrons. The van der Waals surface area contributed by atoms with Crippen LogP contribution in [0.15, 0.2) is 18.2 Å². The summed E-state index contributed by atoms with van der Waals surface area (Å²) in [5.74, 6) is -3.66. The molecule has 23 heavy (non-hydrogen) atoms. The van der Waals surface area contributed by atoms with Crippen LogP contribution in [-0.2, 0) is 14.3 Å². The highest BCUT2D eigenvalue weighted by molar-refractivity contribution is 5.90. The molecule has 1 amide bonds. The fourth-order valence-corrected chi connectivity index (χ4v) is 1.83. The summed E-state index contributed by atoms with van der Waals surface area (Å²) in [4.78, 5) is 23.2. The van der Waals surface area contributed by atoms with Crippen LogP contribution in [0.2, 0.25) is 0 Å². The molecule has 0 heterocycles. The number of halogens is 4. The van der Waals surface area contributed by atoms with E-state index in [0.29, 0.717) is 0 Å². The van der Waals surface area contributed by atoms with E-state index in [1.165, 1.54) is 19.9 Å². The molecule has 2 N–H and O–H groups in total. The van der Waals surface area contributed by atoms with Crippen molar-refractivity contribution in [1.82, 2.24) is 5.32 Å². The van der Waals surface area contributed by atoms with Crippen molar-refractivity contribution in [3.8, 4) is 0 Å². The van der Waals surface area contributed by atoms with Crippen molar-refractivity contribution in [2.45, 2.75) is 32.6 Å². The van der Waals surface area contributed by atoms with E-state index < -0.39 is 29.5 Å². The van der Waals surface area contributed by atoms with E-state index in [2.05, 4.69) is 4.74 Å². The Balaban J connectivity index is 3.44. The quantitative estimate of drug-likeness (QED) is 0.493. The van der Waals surface area contributed by atoms with Crippen molar-refractivity contribution in [2.75, 3.05) is 11.9 Å². The average molecular weight is 336 g/mol. The fourth-order valence-electron chi connectivity index (χ4n) is 1.83. The molecule has 0 aliphatic rings. The molecule has 0 saturated carbocycles. The fraction of sp³-hybridized carbons (Fsp3) is 0.429. The second-order valence-electron chi connectivity index (χ2n) is 4.73. The van der Waals surface area contributed by atoms with Gasteiger partial charge in [0.05, 0.1) is 6.61 Å². The molecule has 1 aromatic rings. The Morgan fingerprint density at radius 1 is 1.26 bits per heavy atom. The first-order valence-corrected chi connectivity index (χ1v) is 6.60. The van der Waals surface area contributed by atoms with Crippen LogP contribution in [0.1, 0.15) is 19.4 Å². The molecule has 1 rings (SSSR count). The van der Waals surface area contributed by atoms with E-state index in [1.807, 2.05) is 5.32 Å². The molecule has 1 aromatic carbocycles. The number of alkyl halides is 3. The molecular formula is C14H16F4N2O3. The Hall–Kier alpha value is -2.32. The van der Waals surface area contributed by atoms with Gasteiger partial charge < -0.3 is 15.4 Å². The second-order valence-corrected chi connectivity index (χ2v) is 4.73. The van der Waals surface area contributed by atoms with Gasteiger partial charge in [0.15, 0.2) is 0 Å². The van der Waals surface area contributed by atoms with Crippen LogP contribution in [0.3, 0.4) is 0 Å². The molecule has 0 aliphatic heterocycles. The Kier molecular flexibility index (Phi) is 5.57. The number of carbonyl (C=O) groups excluding carboxylic acids is 2. The number of rotatable bonds is 5. The summed E-state index contributed by atoms with van der Waals surface area (Å²) in [5.41, 5.74) is -3.58. The van der Waals surface area contributed by atoms with Crippen LogP contribution in [-0.4, -0.2) is 30.3 Å². The maximum atomic E-state index is 13.6. The van der Waals surface area contributed by atoms with Gasteiger partial charge in [0.1, 0.15) is 5.82 Å². The van der Waals surface area contributed by atoms with Gasteiger partial charge in [0, 0.05) is 12.6 Å². The lowest BCUT2D eigenvalue weighted by molar-refractivity contribution is -0.207. The summed E-state index contributed by atoms with van der Waals surface area (Å²) in [5, 5.41) is 3.43. The van der Waals surface area contributed by atoms with Crippen molar-refractivity contribution in [1.29, 1.82) is 0 Å². The third-order valence-corrected chi connectivity index (χ3v) is 2.89. The zero-order chi connectivity index (χ0) is 17.8. The number of hydrogen-bond acceptors (Lipinski definition) is 4. The number of esters is 1. The van der Waals surface area contributed by atoms with Crippen molar-refractivity contribution < 1.29 is 31.9 Å². The summed E-state index contributed by atoms with van der Waals surface area (Å²) in [7, 11) is 0. The SMILES string of the molecule is CCOC(=O)C(NC(C)=O)(Nc1cc(F)ccc1C)C(F)(F)F. The predicted molar refractivity (Wildman–Crippen MR) is 74.0 cm³/mol. The van der Waals surface area contributed by atoms with Crippen molar-refractivity contribution >= 4 is 17.6 Å². The van der Waals surface area contributed by atoms with Crippen molar-refractivity contribution in [3.63, 3.8) is 0 Å². The first kappa shape index (κ1) is 18.7. The largest absolute Gasteiger partial charge is 0.463 e. The van der Waals surface area contributed by atoms with E-state index >= 15 is 0 Å². The molecule has 0 aromatic heterocycles. The average Bonchev–Trinajstić information content (AvgIpc) is 2.40. The normalized spacial score (nSPS) is 13.9. The van der Waals surface area contributed by atoms with Crippen LogP contribution < -0.4 is 10.6 Å². The molecule has 1 unspecified atom stereocenters. The zero-order valence-electron chi connectivity index (χ0n) is 12.7. The lowest BCUT2D eigenvalue weighted by atomic mass is 10.1. The Bertz CT molecular complexity index is 604. The van der Waals surface area contributed by atoms with Gasteiger partial charge in [-0.2, -0.15) is 13.2 Å². The van der Waals surface area contributed by atoms with Crippen LogP contribution in [0.4, 0.5) is 23.2 Å². The van der Waals surface area contributed by atoms with E-state index in [1.54, 1.807) is 5.32 Å². The van der Waals surface area contributed by atoms with Crippen molar-refractivity contribution in [2.24, 2.45) is 0 Å². The number of ether oxygens (including phenoxy) is 1. The first-order chi connectivity index (χ1) is 10.5. The smallest absolute Gasteiger partial charge is 0.441 e. The van der Waals surface area contributed by atoms with Gasteiger partial charge in [-0.25, -0.2) is 9.18 Å².